The first kappa shape index (κ1) is 16.1. The molecule has 3 nitrogen and oxygen atoms in total. The zero-order valence-corrected chi connectivity index (χ0v) is 14.7. The Morgan fingerprint density at radius 1 is 1.00 bits per heavy atom. The lowest BCUT2D eigenvalue weighted by Crippen LogP contribution is -2.37. The molecule has 4 rings (SSSR count). The second kappa shape index (κ2) is 7.24. The summed E-state index contributed by atoms with van der Waals surface area (Å²) in [5.74, 6) is 0.968. The van der Waals surface area contributed by atoms with Crippen molar-refractivity contribution in [3.63, 3.8) is 0 Å². The van der Waals surface area contributed by atoms with Crippen molar-refractivity contribution in [1.29, 1.82) is 0 Å². The minimum atomic E-state index is 0.313. The molecule has 25 heavy (non-hydrogen) atoms. The van der Waals surface area contributed by atoms with Gasteiger partial charge in [0.15, 0.2) is 0 Å². The number of aromatic nitrogens is 1. The maximum atomic E-state index is 6.23. The first-order valence-corrected chi connectivity index (χ1v) is 9.05. The lowest BCUT2D eigenvalue weighted by molar-refractivity contribution is 0.0969. The highest BCUT2D eigenvalue weighted by molar-refractivity contribution is 5.82. The third kappa shape index (κ3) is 3.99. The SMILES string of the molecule is Cc1ccc(CN2CCC(Oc3ccc4cnccc4c3)CC2)cc1. The van der Waals surface area contributed by atoms with Gasteiger partial charge in [0.2, 0.25) is 0 Å². The summed E-state index contributed by atoms with van der Waals surface area (Å²) < 4.78 is 6.23. The number of pyridine rings is 1. The smallest absolute Gasteiger partial charge is 0.120 e. The minimum absolute atomic E-state index is 0.313. The minimum Gasteiger partial charge on any atom is -0.490 e. The van der Waals surface area contributed by atoms with Crippen LogP contribution >= 0.6 is 0 Å². The van der Waals surface area contributed by atoms with Crippen molar-refractivity contribution in [2.45, 2.75) is 32.4 Å². The zero-order chi connectivity index (χ0) is 17.1. The molecule has 0 amide bonds. The van der Waals surface area contributed by atoms with Gasteiger partial charge in [-0.1, -0.05) is 29.8 Å². The highest BCUT2D eigenvalue weighted by Gasteiger charge is 2.20. The molecule has 0 aliphatic carbocycles. The van der Waals surface area contributed by atoms with E-state index in [-0.39, 0.29) is 0 Å². The molecule has 0 spiro atoms. The van der Waals surface area contributed by atoms with Crippen molar-refractivity contribution < 1.29 is 4.74 Å². The van der Waals surface area contributed by atoms with E-state index in [0.29, 0.717) is 6.10 Å². The number of nitrogens with zero attached hydrogens (tertiary/aromatic N) is 2. The van der Waals surface area contributed by atoms with Crippen molar-refractivity contribution in [3.8, 4) is 5.75 Å². The fraction of sp³-hybridized carbons (Fsp3) is 0.318. The predicted molar refractivity (Wildman–Crippen MR) is 102 cm³/mol. The normalized spacial score (nSPS) is 16.2. The van der Waals surface area contributed by atoms with Crippen LogP contribution in [-0.2, 0) is 6.54 Å². The molecule has 128 valence electrons. The molecule has 3 aromatic rings. The van der Waals surface area contributed by atoms with Crippen LogP contribution in [0.3, 0.4) is 0 Å². The van der Waals surface area contributed by atoms with E-state index < -0.39 is 0 Å². The van der Waals surface area contributed by atoms with Crippen LogP contribution in [0.4, 0.5) is 0 Å². The quantitative estimate of drug-likeness (QED) is 0.699. The first-order chi connectivity index (χ1) is 12.3. The summed E-state index contributed by atoms with van der Waals surface area (Å²) in [5.41, 5.74) is 2.72. The summed E-state index contributed by atoms with van der Waals surface area (Å²) in [5, 5.41) is 2.34. The average Bonchev–Trinajstić information content (AvgIpc) is 2.65. The molecule has 1 aliphatic heterocycles. The van der Waals surface area contributed by atoms with Gasteiger partial charge in [0, 0.05) is 37.4 Å². The Bertz CT molecular complexity index is 836. The fourth-order valence-corrected chi connectivity index (χ4v) is 3.46. The van der Waals surface area contributed by atoms with Gasteiger partial charge in [-0.05, 0) is 55.0 Å². The fourth-order valence-electron chi connectivity index (χ4n) is 3.46. The highest BCUT2D eigenvalue weighted by atomic mass is 16.5. The molecule has 1 fully saturated rings. The molecule has 3 heteroatoms. The van der Waals surface area contributed by atoms with E-state index in [4.69, 9.17) is 4.74 Å². The number of hydrogen-bond acceptors (Lipinski definition) is 3. The van der Waals surface area contributed by atoms with Crippen molar-refractivity contribution in [2.75, 3.05) is 13.1 Å². The third-order valence-corrected chi connectivity index (χ3v) is 4.98. The van der Waals surface area contributed by atoms with Crippen LogP contribution in [0.1, 0.15) is 24.0 Å². The van der Waals surface area contributed by atoms with E-state index in [9.17, 15) is 0 Å². The lowest BCUT2D eigenvalue weighted by atomic mass is 10.1. The van der Waals surface area contributed by atoms with Gasteiger partial charge in [-0.15, -0.1) is 0 Å². The van der Waals surface area contributed by atoms with Gasteiger partial charge in [-0.3, -0.25) is 9.88 Å². The molecule has 2 aromatic carbocycles. The Kier molecular flexibility index (Phi) is 4.66. The number of hydrogen-bond donors (Lipinski definition) is 0. The Labute approximate surface area is 149 Å². The average molecular weight is 332 g/mol. The molecule has 0 radical (unpaired) electrons. The third-order valence-electron chi connectivity index (χ3n) is 4.98. The van der Waals surface area contributed by atoms with Crippen molar-refractivity contribution in [1.82, 2.24) is 9.88 Å². The van der Waals surface area contributed by atoms with E-state index in [2.05, 4.69) is 59.3 Å². The molecule has 1 aromatic heterocycles. The molecular weight excluding hydrogens is 308 g/mol. The Morgan fingerprint density at radius 2 is 1.80 bits per heavy atom. The lowest BCUT2D eigenvalue weighted by Gasteiger charge is -2.32. The molecule has 0 saturated carbocycles. The molecule has 0 atom stereocenters. The second-order valence-electron chi connectivity index (χ2n) is 6.96. The van der Waals surface area contributed by atoms with Crippen LogP contribution in [-0.4, -0.2) is 29.1 Å². The van der Waals surface area contributed by atoms with Gasteiger partial charge in [0.1, 0.15) is 11.9 Å². The van der Waals surface area contributed by atoms with Gasteiger partial charge in [-0.25, -0.2) is 0 Å². The van der Waals surface area contributed by atoms with Crippen LogP contribution in [0.25, 0.3) is 10.8 Å². The molecule has 1 saturated heterocycles. The Hall–Kier alpha value is -2.39. The van der Waals surface area contributed by atoms with E-state index in [1.165, 1.54) is 16.5 Å². The summed E-state index contributed by atoms with van der Waals surface area (Å²) in [6, 6.07) is 17.2. The maximum Gasteiger partial charge on any atom is 0.120 e. The molecule has 1 aliphatic rings. The standard InChI is InChI=1S/C22H24N2O/c1-17-2-4-18(5-3-17)16-24-12-9-21(10-13-24)25-22-7-6-20-15-23-11-8-19(20)14-22/h2-8,11,14-15,21H,9-10,12-13,16H2,1H3. The van der Waals surface area contributed by atoms with E-state index in [1.807, 2.05) is 18.5 Å². The van der Waals surface area contributed by atoms with Gasteiger partial charge in [-0.2, -0.15) is 0 Å². The molecular formula is C22H24N2O. The number of fused-ring (bicyclic) bond motifs is 1. The highest BCUT2D eigenvalue weighted by Crippen LogP contribution is 2.24. The predicted octanol–water partition coefficient (Wildman–Crippen LogP) is 4.59. The van der Waals surface area contributed by atoms with Gasteiger partial charge < -0.3 is 4.74 Å². The Morgan fingerprint density at radius 3 is 2.60 bits per heavy atom. The molecule has 0 bridgehead atoms. The Balaban J connectivity index is 1.32. The van der Waals surface area contributed by atoms with E-state index in [1.54, 1.807) is 0 Å². The molecule has 2 heterocycles. The monoisotopic (exact) mass is 332 g/mol. The summed E-state index contributed by atoms with van der Waals surface area (Å²) in [7, 11) is 0. The van der Waals surface area contributed by atoms with Gasteiger partial charge in [0.25, 0.3) is 0 Å². The van der Waals surface area contributed by atoms with Crippen LogP contribution in [0.15, 0.2) is 60.9 Å². The largest absolute Gasteiger partial charge is 0.490 e. The van der Waals surface area contributed by atoms with E-state index in [0.717, 1.165) is 43.6 Å². The second-order valence-corrected chi connectivity index (χ2v) is 6.96. The van der Waals surface area contributed by atoms with Crippen molar-refractivity contribution in [2.24, 2.45) is 0 Å². The van der Waals surface area contributed by atoms with E-state index >= 15 is 0 Å². The molecule has 0 N–H and O–H groups in total. The number of likely N-dealkylation sites (tertiary alicyclic amines) is 1. The van der Waals surface area contributed by atoms with Crippen LogP contribution in [0.5, 0.6) is 5.75 Å². The number of ether oxygens (including phenoxy) is 1. The maximum absolute atomic E-state index is 6.23. The molecule has 0 unspecified atom stereocenters. The topological polar surface area (TPSA) is 25.4 Å². The first-order valence-electron chi connectivity index (χ1n) is 9.05. The summed E-state index contributed by atoms with van der Waals surface area (Å²) >= 11 is 0. The van der Waals surface area contributed by atoms with Crippen LogP contribution in [0, 0.1) is 6.92 Å². The number of benzene rings is 2. The number of rotatable bonds is 4. The van der Waals surface area contributed by atoms with Crippen LogP contribution in [0.2, 0.25) is 0 Å². The number of piperidine rings is 1. The van der Waals surface area contributed by atoms with Crippen molar-refractivity contribution >= 4 is 10.8 Å². The number of aryl methyl sites for hydroxylation is 1. The van der Waals surface area contributed by atoms with Crippen LogP contribution < -0.4 is 4.74 Å². The van der Waals surface area contributed by atoms with Crippen molar-refractivity contribution in [3.05, 3.63) is 72.1 Å². The summed E-state index contributed by atoms with van der Waals surface area (Å²) in [6.07, 6.45) is 6.20. The summed E-state index contributed by atoms with van der Waals surface area (Å²) in [4.78, 5) is 6.68. The van der Waals surface area contributed by atoms with Gasteiger partial charge >= 0.3 is 0 Å². The van der Waals surface area contributed by atoms with Gasteiger partial charge in [0.05, 0.1) is 0 Å². The summed E-state index contributed by atoms with van der Waals surface area (Å²) in [6.45, 7) is 5.36. The zero-order valence-electron chi connectivity index (χ0n) is 14.7.